The number of anilines is 1. The molecule has 2 N–H and O–H groups in total. The first-order valence-corrected chi connectivity index (χ1v) is 8.64. The van der Waals surface area contributed by atoms with Gasteiger partial charge in [-0.2, -0.15) is 0 Å². The Morgan fingerprint density at radius 3 is 2.42 bits per heavy atom. The second-order valence-electron chi connectivity index (χ2n) is 6.34. The van der Waals surface area contributed by atoms with Crippen LogP contribution in [0.15, 0.2) is 24.3 Å². The van der Waals surface area contributed by atoms with Gasteiger partial charge in [-0.25, -0.2) is 9.97 Å². The van der Waals surface area contributed by atoms with Gasteiger partial charge >= 0.3 is 0 Å². The summed E-state index contributed by atoms with van der Waals surface area (Å²) in [6.07, 6.45) is 2.97. The molecule has 0 saturated carbocycles. The van der Waals surface area contributed by atoms with Crippen LogP contribution in [0.2, 0.25) is 0 Å². The fraction of sp³-hybridized carbons (Fsp3) is 0.474. The Morgan fingerprint density at radius 2 is 1.83 bits per heavy atom. The lowest BCUT2D eigenvalue weighted by Gasteiger charge is -2.32. The van der Waals surface area contributed by atoms with Crippen LogP contribution in [-0.2, 0) is 6.42 Å². The molecule has 128 valence electrons. The number of piperidine rings is 1. The summed E-state index contributed by atoms with van der Waals surface area (Å²) in [6.45, 7) is 6.17. The number of hydrogen-bond donors (Lipinski definition) is 1. The van der Waals surface area contributed by atoms with Gasteiger partial charge in [0.1, 0.15) is 11.6 Å². The van der Waals surface area contributed by atoms with Crippen LogP contribution < -0.4 is 15.4 Å². The van der Waals surface area contributed by atoms with Crippen molar-refractivity contribution in [2.24, 2.45) is 5.73 Å². The Labute approximate surface area is 143 Å². The molecule has 5 nitrogen and oxygen atoms in total. The quantitative estimate of drug-likeness (QED) is 0.936. The molecule has 0 atom stereocenters. The van der Waals surface area contributed by atoms with Crippen LogP contribution in [0, 0.1) is 6.92 Å². The average molecular weight is 326 g/mol. The third kappa shape index (κ3) is 3.36. The number of aryl methyl sites for hydroxylation is 1. The van der Waals surface area contributed by atoms with E-state index in [0.717, 1.165) is 61.0 Å². The molecule has 5 heteroatoms. The fourth-order valence-electron chi connectivity index (χ4n) is 3.24. The molecule has 1 aliphatic rings. The summed E-state index contributed by atoms with van der Waals surface area (Å²) in [5.41, 5.74) is 9.36. The van der Waals surface area contributed by atoms with Gasteiger partial charge in [0.05, 0.1) is 7.11 Å². The van der Waals surface area contributed by atoms with Crippen molar-refractivity contribution >= 4 is 5.82 Å². The maximum atomic E-state index is 6.05. The molecule has 0 aliphatic carbocycles. The molecule has 1 aromatic carbocycles. The third-order valence-electron chi connectivity index (χ3n) is 4.73. The van der Waals surface area contributed by atoms with Crippen LogP contribution in [0.1, 0.15) is 31.0 Å². The van der Waals surface area contributed by atoms with E-state index in [-0.39, 0.29) is 0 Å². The maximum absolute atomic E-state index is 6.05. The molecule has 3 rings (SSSR count). The number of methoxy groups -OCH3 is 1. The maximum Gasteiger partial charge on any atom is 0.161 e. The minimum atomic E-state index is 0.315. The minimum Gasteiger partial charge on any atom is -0.497 e. The van der Waals surface area contributed by atoms with Crippen molar-refractivity contribution in [3.8, 4) is 17.1 Å². The van der Waals surface area contributed by atoms with Gasteiger partial charge in [-0.1, -0.05) is 6.92 Å². The summed E-state index contributed by atoms with van der Waals surface area (Å²) in [5, 5.41) is 0. The van der Waals surface area contributed by atoms with E-state index in [2.05, 4.69) is 18.7 Å². The lowest BCUT2D eigenvalue weighted by molar-refractivity contribution is 0.415. The van der Waals surface area contributed by atoms with Crippen molar-refractivity contribution in [2.75, 3.05) is 25.1 Å². The molecular weight excluding hydrogens is 300 g/mol. The van der Waals surface area contributed by atoms with Crippen LogP contribution in [0.3, 0.4) is 0 Å². The summed E-state index contributed by atoms with van der Waals surface area (Å²) < 4.78 is 5.23. The van der Waals surface area contributed by atoms with E-state index < -0.39 is 0 Å². The van der Waals surface area contributed by atoms with E-state index in [4.69, 9.17) is 20.4 Å². The lowest BCUT2D eigenvalue weighted by atomic mass is 10.0. The van der Waals surface area contributed by atoms with Crippen molar-refractivity contribution in [3.05, 3.63) is 35.5 Å². The Bertz CT molecular complexity index is 691. The number of ether oxygens (including phenoxy) is 1. The number of nitrogens with zero attached hydrogens (tertiary/aromatic N) is 3. The third-order valence-corrected chi connectivity index (χ3v) is 4.73. The molecule has 1 saturated heterocycles. The van der Waals surface area contributed by atoms with E-state index >= 15 is 0 Å². The molecule has 0 amide bonds. The molecule has 1 fully saturated rings. The standard InChI is InChI=1S/C19H26N4O/c1-4-17-13(2)21-18(14-5-7-16(24-3)8-6-14)22-19(17)23-11-9-15(20)10-12-23/h5-8,15H,4,9-12,20H2,1-3H3. The van der Waals surface area contributed by atoms with E-state index in [9.17, 15) is 0 Å². The highest BCUT2D eigenvalue weighted by atomic mass is 16.5. The summed E-state index contributed by atoms with van der Waals surface area (Å²) in [6, 6.07) is 8.22. The van der Waals surface area contributed by atoms with Crippen molar-refractivity contribution in [1.29, 1.82) is 0 Å². The lowest BCUT2D eigenvalue weighted by Crippen LogP contribution is -2.40. The van der Waals surface area contributed by atoms with Gasteiger partial charge in [0.15, 0.2) is 5.82 Å². The van der Waals surface area contributed by atoms with Crippen LogP contribution >= 0.6 is 0 Å². The summed E-state index contributed by atoms with van der Waals surface area (Å²) >= 11 is 0. The number of rotatable bonds is 4. The summed E-state index contributed by atoms with van der Waals surface area (Å²) in [5.74, 6) is 2.69. The Kier molecular flexibility index (Phi) is 5.00. The predicted octanol–water partition coefficient (Wildman–Crippen LogP) is 2.95. The van der Waals surface area contributed by atoms with Crippen LogP contribution in [-0.4, -0.2) is 36.2 Å². The molecular formula is C19H26N4O. The van der Waals surface area contributed by atoms with Crippen molar-refractivity contribution in [2.45, 2.75) is 39.2 Å². The number of nitrogens with two attached hydrogens (primary N) is 1. The first kappa shape index (κ1) is 16.7. The van der Waals surface area contributed by atoms with E-state index in [1.165, 1.54) is 5.56 Å². The van der Waals surface area contributed by atoms with Gasteiger partial charge in [0, 0.05) is 36.0 Å². The predicted molar refractivity (Wildman–Crippen MR) is 97.6 cm³/mol. The normalized spacial score (nSPS) is 15.6. The van der Waals surface area contributed by atoms with Gasteiger partial charge in [-0.3, -0.25) is 0 Å². The molecule has 1 aliphatic heterocycles. The molecule has 0 bridgehead atoms. The van der Waals surface area contributed by atoms with Gasteiger partial charge in [0.2, 0.25) is 0 Å². The SMILES string of the molecule is CCc1c(C)nc(-c2ccc(OC)cc2)nc1N1CCC(N)CC1. The number of hydrogen-bond acceptors (Lipinski definition) is 5. The molecule has 0 radical (unpaired) electrons. The highest BCUT2D eigenvalue weighted by molar-refractivity contribution is 5.61. The van der Waals surface area contributed by atoms with Gasteiger partial charge in [-0.15, -0.1) is 0 Å². The Balaban J connectivity index is 1.99. The number of benzene rings is 1. The van der Waals surface area contributed by atoms with Gasteiger partial charge < -0.3 is 15.4 Å². The minimum absolute atomic E-state index is 0.315. The van der Waals surface area contributed by atoms with E-state index in [0.29, 0.717) is 6.04 Å². The zero-order chi connectivity index (χ0) is 17.1. The van der Waals surface area contributed by atoms with Gasteiger partial charge in [0.25, 0.3) is 0 Å². The number of aromatic nitrogens is 2. The molecule has 0 unspecified atom stereocenters. The summed E-state index contributed by atoms with van der Waals surface area (Å²) in [7, 11) is 1.67. The molecule has 24 heavy (non-hydrogen) atoms. The zero-order valence-electron chi connectivity index (χ0n) is 14.7. The van der Waals surface area contributed by atoms with Gasteiger partial charge in [-0.05, 0) is 50.5 Å². The first-order chi connectivity index (χ1) is 11.6. The van der Waals surface area contributed by atoms with Crippen molar-refractivity contribution in [3.63, 3.8) is 0 Å². The fourth-order valence-corrected chi connectivity index (χ4v) is 3.24. The highest BCUT2D eigenvalue weighted by Gasteiger charge is 2.21. The molecule has 0 spiro atoms. The average Bonchev–Trinajstić information content (AvgIpc) is 2.62. The second kappa shape index (κ2) is 7.18. The summed E-state index contributed by atoms with van der Waals surface area (Å²) in [4.78, 5) is 12.0. The van der Waals surface area contributed by atoms with Crippen LogP contribution in [0.25, 0.3) is 11.4 Å². The van der Waals surface area contributed by atoms with Crippen molar-refractivity contribution in [1.82, 2.24) is 9.97 Å². The van der Waals surface area contributed by atoms with E-state index in [1.807, 2.05) is 24.3 Å². The Hall–Kier alpha value is -2.14. The first-order valence-electron chi connectivity index (χ1n) is 8.64. The molecule has 2 heterocycles. The Morgan fingerprint density at radius 1 is 1.17 bits per heavy atom. The smallest absolute Gasteiger partial charge is 0.161 e. The molecule has 1 aromatic heterocycles. The second-order valence-corrected chi connectivity index (χ2v) is 6.34. The monoisotopic (exact) mass is 326 g/mol. The van der Waals surface area contributed by atoms with Crippen LogP contribution in [0.4, 0.5) is 5.82 Å². The highest BCUT2D eigenvalue weighted by Crippen LogP contribution is 2.28. The topological polar surface area (TPSA) is 64.3 Å². The molecule has 2 aromatic rings. The van der Waals surface area contributed by atoms with E-state index in [1.54, 1.807) is 7.11 Å². The largest absolute Gasteiger partial charge is 0.497 e. The van der Waals surface area contributed by atoms with Crippen molar-refractivity contribution < 1.29 is 4.74 Å². The zero-order valence-corrected chi connectivity index (χ0v) is 14.7. The van der Waals surface area contributed by atoms with Crippen LogP contribution in [0.5, 0.6) is 5.75 Å².